The number of sulfonamides is 1. The summed E-state index contributed by atoms with van der Waals surface area (Å²) in [5.74, 6) is -0.0415. The summed E-state index contributed by atoms with van der Waals surface area (Å²) in [6.07, 6.45) is 2.30. The minimum absolute atomic E-state index is 0.103. The fourth-order valence-corrected chi connectivity index (χ4v) is 6.41. The molecule has 172 valence electrons. The van der Waals surface area contributed by atoms with Crippen molar-refractivity contribution >= 4 is 50.5 Å². The third-order valence-corrected chi connectivity index (χ3v) is 8.35. The van der Waals surface area contributed by atoms with Crippen LogP contribution < -0.4 is 9.62 Å². The number of anilines is 2. The Kier molecular flexibility index (Phi) is 6.47. The average molecular weight is 497 g/mol. The second-order valence-corrected chi connectivity index (χ2v) is 11.8. The number of benzene rings is 2. The van der Waals surface area contributed by atoms with Crippen molar-refractivity contribution in [2.24, 2.45) is 0 Å². The molecule has 1 unspecified atom stereocenters. The van der Waals surface area contributed by atoms with Crippen LogP contribution in [0.2, 0.25) is 10.0 Å². The lowest BCUT2D eigenvalue weighted by atomic mass is 9.83. The highest BCUT2D eigenvalue weighted by molar-refractivity contribution is 7.93. The third kappa shape index (κ3) is 5.06. The molecule has 1 amide bonds. The van der Waals surface area contributed by atoms with Gasteiger partial charge < -0.3 is 10.1 Å². The van der Waals surface area contributed by atoms with Gasteiger partial charge in [0.25, 0.3) is 5.91 Å². The number of rotatable bonds is 4. The van der Waals surface area contributed by atoms with Gasteiger partial charge >= 0.3 is 0 Å². The van der Waals surface area contributed by atoms with Crippen molar-refractivity contribution in [3.05, 3.63) is 57.6 Å². The van der Waals surface area contributed by atoms with Crippen molar-refractivity contribution in [1.82, 2.24) is 0 Å². The van der Waals surface area contributed by atoms with E-state index in [9.17, 15) is 13.2 Å². The Hall–Kier alpha value is -1.80. The van der Waals surface area contributed by atoms with E-state index in [2.05, 4.69) is 19.2 Å². The summed E-state index contributed by atoms with van der Waals surface area (Å²) in [6.45, 7) is 5.21. The van der Waals surface area contributed by atoms with Crippen LogP contribution in [0.3, 0.4) is 0 Å². The normalized spacial score (nSPS) is 22.0. The summed E-state index contributed by atoms with van der Waals surface area (Å²) in [5.41, 5.74) is 2.05. The van der Waals surface area contributed by atoms with Crippen LogP contribution >= 0.6 is 23.2 Å². The Morgan fingerprint density at radius 3 is 2.66 bits per heavy atom. The van der Waals surface area contributed by atoms with Gasteiger partial charge in [-0.2, -0.15) is 0 Å². The van der Waals surface area contributed by atoms with E-state index in [1.54, 1.807) is 18.2 Å². The highest BCUT2D eigenvalue weighted by Gasteiger charge is 2.31. The van der Waals surface area contributed by atoms with Crippen LogP contribution in [0.1, 0.15) is 54.9 Å². The Labute approximate surface area is 198 Å². The van der Waals surface area contributed by atoms with Crippen molar-refractivity contribution in [3.8, 4) is 0 Å². The fraction of sp³-hybridized carbons (Fsp3) is 0.435. The Balaban J connectivity index is 1.58. The molecule has 2 aliphatic heterocycles. The van der Waals surface area contributed by atoms with Gasteiger partial charge in [-0.3, -0.25) is 9.10 Å². The van der Waals surface area contributed by atoms with Crippen molar-refractivity contribution in [2.75, 3.05) is 28.5 Å². The lowest BCUT2D eigenvalue weighted by Crippen LogP contribution is -2.33. The predicted octanol–water partition coefficient (Wildman–Crippen LogP) is 5.46. The maximum atomic E-state index is 13.0. The highest BCUT2D eigenvalue weighted by atomic mass is 35.5. The molecule has 0 bridgehead atoms. The molecule has 32 heavy (non-hydrogen) atoms. The van der Waals surface area contributed by atoms with Gasteiger partial charge in [-0.1, -0.05) is 23.2 Å². The first-order valence-electron chi connectivity index (χ1n) is 10.6. The van der Waals surface area contributed by atoms with Crippen LogP contribution in [0, 0.1) is 0 Å². The zero-order chi connectivity index (χ0) is 23.1. The van der Waals surface area contributed by atoms with Gasteiger partial charge in [0.15, 0.2) is 0 Å². The highest BCUT2D eigenvalue weighted by Crippen LogP contribution is 2.38. The van der Waals surface area contributed by atoms with E-state index in [-0.39, 0.29) is 27.9 Å². The van der Waals surface area contributed by atoms with E-state index < -0.39 is 15.9 Å². The molecule has 0 saturated carbocycles. The topological polar surface area (TPSA) is 75.7 Å². The summed E-state index contributed by atoms with van der Waals surface area (Å²) in [6, 6.07) is 10.2. The van der Waals surface area contributed by atoms with E-state index >= 15 is 0 Å². The minimum atomic E-state index is -3.36. The summed E-state index contributed by atoms with van der Waals surface area (Å²) in [5, 5.41) is 3.65. The van der Waals surface area contributed by atoms with E-state index in [0.717, 1.165) is 18.4 Å². The van der Waals surface area contributed by atoms with Crippen LogP contribution in [-0.2, 0) is 14.8 Å². The molecule has 0 radical (unpaired) electrons. The number of halogens is 2. The van der Waals surface area contributed by atoms with Gasteiger partial charge in [-0.15, -0.1) is 0 Å². The number of hydrogen-bond donors (Lipinski definition) is 1. The van der Waals surface area contributed by atoms with Crippen molar-refractivity contribution in [1.29, 1.82) is 0 Å². The molecule has 2 fully saturated rings. The summed E-state index contributed by atoms with van der Waals surface area (Å²) in [4.78, 5) is 13.0. The van der Waals surface area contributed by atoms with E-state index in [1.807, 2.05) is 12.1 Å². The smallest absolute Gasteiger partial charge is 0.257 e. The largest absolute Gasteiger partial charge is 0.376 e. The first-order chi connectivity index (χ1) is 15.0. The molecule has 9 heteroatoms. The van der Waals surface area contributed by atoms with Gasteiger partial charge in [0, 0.05) is 23.9 Å². The van der Waals surface area contributed by atoms with Crippen molar-refractivity contribution in [3.63, 3.8) is 0 Å². The Bertz CT molecular complexity index is 1150. The molecule has 2 aliphatic rings. The number of ether oxygens (including phenoxy) is 1. The van der Waals surface area contributed by atoms with Crippen LogP contribution in [0.25, 0.3) is 0 Å². The summed E-state index contributed by atoms with van der Waals surface area (Å²) < 4.78 is 31.7. The summed E-state index contributed by atoms with van der Waals surface area (Å²) in [7, 11) is -3.36. The number of nitrogens with zero attached hydrogens (tertiary/aromatic N) is 1. The molecule has 1 N–H and O–H groups in total. The minimum Gasteiger partial charge on any atom is -0.376 e. The van der Waals surface area contributed by atoms with Crippen molar-refractivity contribution < 1.29 is 17.9 Å². The van der Waals surface area contributed by atoms with Crippen LogP contribution in [-0.4, -0.2) is 38.8 Å². The number of amides is 1. The molecular formula is C23H26Cl2N2O4S. The van der Waals surface area contributed by atoms with Crippen LogP contribution in [0.4, 0.5) is 11.4 Å². The Morgan fingerprint density at radius 1 is 1.19 bits per heavy atom. The molecule has 2 saturated heterocycles. The van der Waals surface area contributed by atoms with Crippen LogP contribution in [0.5, 0.6) is 0 Å². The lowest BCUT2D eigenvalue weighted by Gasteiger charge is -2.36. The predicted molar refractivity (Wildman–Crippen MR) is 129 cm³/mol. The molecular weight excluding hydrogens is 471 g/mol. The van der Waals surface area contributed by atoms with E-state index in [1.165, 1.54) is 10.4 Å². The lowest BCUT2D eigenvalue weighted by molar-refractivity contribution is -0.0593. The zero-order valence-corrected chi connectivity index (χ0v) is 20.4. The number of hydrogen-bond acceptors (Lipinski definition) is 4. The van der Waals surface area contributed by atoms with Gasteiger partial charge in [0.05, 0.1) is 27.6 Å². The zero-order valence-electron chi connectivity index (χ0n) is 18.0. The molecule has 0 spiro atoms. The van der Waals surface area contributed by atoms with E-state index in [4.69, 9.17) is 27.9 Å². The molecule has 2 aromatic rings. The maximum absolute atomic E-state index is 13.0. The first-order valence-corrected chi connectivity index (χ1v) is 13.0. The third-order valence-electron chi connectivity index (χ3n) is 5.93. The summed E-state index contributed by atoms with van der Waals surface area (Å²) >= 11 is 12.6. The molecule has 6 nitrogen and oxygen atoms in total. The molecule has 2 heterocycles. The molecule has 1 atom stereocenters. The van der Waals surface area contributed by atoms with Crippen LogP contribution in [0.15, 0.2) is 36.4 Å². The number of nitrogens with one attached hydrogen (secondary N) is 1. The number of carbonyl (C=O) groups excluding carboxylic acids is 1. The maximum Gasteiger partial charge on any atom is 0.257 e. The molecule has 0 aromatic heterocycles. The van der Waals surface area contributed by atoms with Gasteiger partial charge in [0.2, 0.25) is 10.0 Å². The van der Waals surface area contributed by atoms with Crippen molar-refractivity contribution in [2.45, 2.75) is 44.6 Å². The van der Waals surface area contributed by atoms with Gasteiger partial charge in [-0.05, 0) is 81.0 Å². The molecule has 2 aromatic carbocycles. The van der Waals surface area contributed by atoms with E-state index in [0.29, 0.717) is 36.0 Å². The first kappa shape index (κ1) is 23.4. The Morgan fingerprint density at radius 2 is 1.97 bits per heavy atom. The second-order valence-electron chi connectivity index (χ2n) is 8.93. The second kappa shape index (κ2) is 8.86. The monoisotopic (exact) mass is 496 g/mol. The molecule has 0 aliphatic carbocycles. The molecule has 4 rings (SSSR count). The number of carbonyl (C=O) groups is 1. The standard InChI is InChI=1S/C23H26Cl2N2O4S/c1-23(2)14-15(6-8-31-23)16-10-17(24)12-18(11-16)26-22(28)20-13-19(4-5-21(20)25)27-7-3-9-32(27,29)30/h4-5,10-13,15H,3,6-9,14H2,1-2H3,(H,26,28). The van der Waals surface area contributed by atoms with Gasteiger partial charge in [-0.25, -0.2) is 8.42 Å². The van der Waals surface area contributed by atoms with Gasteiger partial charge in [0.1, 0.15) is 0 Å². The fourth-order valence-electron chi connectivity index (χ4n) is 4.41. The SMILES string of the molecule is CC1(C)CC(c2cc(Cl)cc(NC(=O)c3cc(N4CCCS4(=O)=O)ccc3Cl)c2)CCO1. The quantitative estimate of drug-likeness (QED) is 0.609. The average Bonchev–Trinajstić information content (AvgIpc) is 3.06.